The molecule has 1 unspecified atom stereocenters. The number of allylic oxidation sites excluding steroid dienone is 2. The zero-order valence-corrected chi connectivity index (χ0v) is 11.8. The molecule has 15 heavy (non-hydrogen) atoms. The Morgan fingerprint density at radius 2 is 1.73 bits per heavy atom. The lowest BCUT2D eigenvalue weighted by Crippen LogP contribution is -2.49. The highest BCUT2D eigenvalue weighted by Gasteiger charge is 2.64. The molecule has 1 aliphatic heterocycles. The maximum atomic E-state index is 4.38. The molecule has 1 aliphatic carbocycles. The Morgan fingerprint density at radius 3 is 2.20 bits per heavy atom. The van der Waals surface area contributed by atoms with E-state index in [2.05, 4.69) is 52.7 Å². The largest absolute Gasteiger partial charge is 0.330 e. The number of nitrogens with zero attached hydrogens (tertiary/aromatic N) is 1. The number of rotatable bonds is 1. The molecule has 0 N–H and O–H groups in total. The fourth-order valence-electron chi connectivity index (χ4n) is 2.91. The van der Waals surface area contributed by atoms with Gasteiger partial charge in [-0.2, -0.15) is 0 Å². The van der Waals surface area contributed by atoms with Crippen LogP contribution < -0.4 is 0 Å². The average molecular weight is 224 g/mol. The molecular weight excluding hydrogens is 201 g/mol. The van der Waals surface area contributed by atoms with Crippen LogP contribution >= 0.6 is 7.55 Å². The Morgan fingerprint density at radius 1 is 1.20 bits per heavy atom. The predicted octanol–water partition coefficient (Wildman–Crippen LogP) is 3.86. The summed E-state index contributed by atoms with van der Waals surface area (Å²) in [6, 6.07) is 0.625. The normalized spacial score (nSPS) is 29.5. The van der Waals surface area contributed by atoms with Gasteiger partial charge in [0.25, 0.3) is 0 Å². The Hall–Kier alpha value is -0.290. The fourth-order valence-corrected chi connectivity index (χ4v) is 5.66. The summed E-state index contributed by atoms with van der Waals surface area (Å²) in [5.41, 5.74) is 2.31. The van der Waals surface area contributed by atoms with Gasteiger partial charge in [-0.3, -0.25) is 0 Å². The Kier molecular flexibility index (Phi) is 2.15. The van der Waals surface area contributed by atoms with E-state index in [-0.39, 0.29) is 7.55 Å². The lowest BCUT2D eigenvalue weighted by molar-refractivity contribution is 0.0964. The van der Waals surface area contributed by atoms with Crippen LogP contribution in [-0.2, 0) is 0 Å². The van der Waals surface area contributed by atoms with Crippen molar-refractivity contribution in [3.63, 3.8) is 0 Å². The smallest absolute Gasteiger partial charge is 0.183 e. The van der Waals surface area contributed by atoms with Gasteiger partial charge < -0.3 is 4.90 Å². The second-order valence-electron chi connectivity index (χ2n) is 6.19. The Balaban J connectivity index is 2.50. The molecule has 84 valence electrons. The lowest BCUT2D eigenvalue weighted by Gasteiger charge is -2.51. The second kappa shape index (κ2) is 2.88. The number of hydrogen-bond acceptors (Lipinski definition) is 1. The first-order valence-corrected chi connectivity index (χ1v) is 7.52. The molecule has 1 nitrogen and oxygen atoms in total. The summed E-state index contributed by atoms with van der Waals surface area (Å²) in [5.74, 6) is 0. The zero-order valence-electron chi connectivity index (χ0n) is 10.9. The van der Waals surface area contributed by atoms with E-state index >= 15 is 0 Å². The molecule has 0 saturated heterocycles. The molecule has 0 aromatic carbocycles. The Labute approximate surface area is 94.9 Å². The number of hydrogen-bond donors (Lipinski definition) is 0. The van der Waals surface area contributed by atoms with E-state index in [1.165, 1.54) is 6.29 Å². The summed E-state index contributed by atoms with van der Waals surface area (Å²) < 4.78 is 0. The topological polar surface area (TPSA) is 3.24 Å². The zero-order chi connectivity index (χ0) is 11.6. The van der Waals surface area contributed by atoms with E-state index in [1.807, 2.05) is 0 Å². The molecule has 2 heteroatoms. The van der Waals surface area contributed by atoms with Crippen LogP contribution in [0, 0.1) is 10.8 Å². The standard InChI is InChI=1S/C13H23NP/c1-9(2)14-8-15(7)11-10(14)12(3,4)13(11,5)6/h9H,7-8H2,1-6H3/q+1. The fraction of sp³-hybridized carbons (Fsp3) is 0.769. The van der Waals surface area contributed by atoms with Crippen molar-refractivity contribution < 1.29 is 0 Å². The van der Waals surface area contributed by atoms with E-state index in [4.69, 9.17) is 0 Å². The highest BCUT2D eigenvalue weighted by Crippen LogP contribution is 2.71. The highest BCUT2D eigenvalue weighted by molar-refractivity contribution is 7.60. The van der Waals surface area contributed by atoms with Crippen molar-refractivity contribution in [2.24, 2.45) is 10.8 Å². The van der Waals surface area contributed by atoms with Crippen LogP contribution in [0.2, 0.25) is 0 Å². The van der Waals surface area contributed by atoms with E-state index in [9.17, 15) is 0 Å². The minimum atomic E-state index is -0.141. The lowest BCUT2D eigenvalue weighted by atomic mass is 9.56. The van der Waals surface area contributed by atoms with Gasteiger partial charge in [-0.05, 0) is 13.8 Å². The minimum absolute atomic E-state index is 0.141. The maximum absolute atomic E-state index is 4.38. The average Bonchev–Trinajstić information content (AvgIpc) is 2.42. The molecule has 0 aromatic rings. The molecule has 1 atom stereocenters. The van der Waals surface area contributed by atoms with Crippen LogP contribution in [-0.4, -0.2) is 23.5 Å². The van der Waals surface area contributed by atoms with Gasteiger partial charge >= 0.3 is 0 Å². The van der Waals surface area contributed by atoms with Gasteiger partial charge in [0.2, 0.25) is 0 Å². The van der Waals surface area contributed by atoms with Gasteiger partial charge in [-0.15, -0.1) is 0 Å². The van der Waals surface area contributed by atoms with Crippen LogP contribution in [0.3, 0.4) is 0 Å². The van der Waals surface area contributed by atoms with Crippen LogP contribution in [0.25, 0.3) is 0 Å². The predicted molar refractivity (Wildman–Crippen MR) is 70.5 cm³/mol. The van der Waals surface area contributed by atoms with Crippen molar-refractivity contribution in [2.75, 3.05) is 6.29 Å². The Bertz CT molecular complexity index is 361. The second-order valence-corrected chi connectivity index (χ2v) is 8.00. The van der Waals surface area contributed by atoms with Gasteiger partial charge in [0, 0.05) is 16.9 Å². The first-order chi connectivity index (χ1) is 6.71. The molecule has 0 spiro atoms. The third-order valence-electron chi connectivity index (χ3n) is 4.52. The first kappa shape index (κ1) is 11.2. The highest BCUT2D eigenvalue weighted by atomic mass is 31.1. The molecule has 0 bridgehead atoms. The van der Waals surface area contributed by atoms with Gasteiger partial charge in [0.15, 0.2) is 11.6 Å². The molecule has 1 heterocycles. The van der Waals surface area contributed by atoms with Crippen molar-refractivity contribution in [2.45, 2.75) is 47.6 Å². The summed E-state index contributed by atoms with van der Waals surface area (Å²) in [7, 11) is -0.141. The SMILES string of the molecule is C=[P+]1CN(C(C)C)C2=C1C(C)(C)C2(C)C. The van der Waals surface area contributed by atoms with Crippen molar-refractivity contribution in [3.8, 4) is 0 Å². The third-order valence-corrected chi connectivity index (χ3v) is 6.57. The van der Waals surface area contributed by atoms with E-state index in [0.717, 1.165) is 0 Å². The summed E-state index contributed by atoms with van der Waals surface area (Å²) in [4.78, 5) is 2.58. The monoisotopic (exact) mass is 224 g/mol. The minimum Gasteiger partial charge on any atom is -0.330 e. The molecule has 2 aliphatic rings. The van der Waals surface area contributed by atoms with Crippen LogP contribution in [0.5, 0.6) is 0 Å². The quantitative estimate of drug-likeness (QED) is 0.611. The maximum Gasteiger partial charge on any atom is 0.183 e. The van der Waals surface area contributed by atoms with Gasteiger partial charge in [-0.1, -0.05) is 27.7 Å². The molecule has 0 fully saturated rings. The van der Waals surface area contributed by atoms with E-state index in [0.29, 0.717) is 16.9 Å². The van der Waals surface area contributed by atoms with Crippen molar-refractivity contribution in [1.29, 1.82) is 0 Å². The summed E-state index contributed by atoms with van der Waals surface area (Å²) >= 11 is 0. The van der Waals surface area contributed by atoms with Crippen molar-refractivity contribution in [1.82, 2.24) is 4.90 Å². The summed E-state index contributed by atoms with van der Waals surface area (Å²) in [5, 5.41) is 1.68. The van der Waals surface area contributed by atoms with Crippen molar-refractivity contribution >= 4 is 13.8 Å². The molecule has 0 saturated carbocycles. The molecular formula is C13H23NP+. The molecule has 0 radical (unpaired) electrons. The molecule has 0 aromatic heterocycles. The van der Waals surface area contributed by atoms with Crippen LogP contribution in [0.15, 0.2) is 11.0 Å². The summed E-state index contributed by atoms with van der Waals surface area (Å²) in [6.07, 6.45) is 5.56. The molecule has 2 rings (SSSR count). The van der Waals surface area contributed by atoms with Crippen LogP contribution in [0.1, 0.15) is 41.5 Å². The van der Waals surface area contributed by atoms with Crippen molar-refractivity contribution in [3.05, 3.63) is 11.0 Å². The van der Waals surface area contributed by atoms with E-state index < -0.39 is 0 Å². The van der Waals surface area contributed by atoms with Gasteiger partial charge in [0.05, 0.1) is 12.0 Å². The van der Waals surface area contributed by atoms with Crippen LogP contribution in [0.4, 0.5) is 0 Å². The van der Waals surface area contributed by atoms with E-state index in [1.54, 1.807) is 11.0 Å². The first-order valence-electron chi connectivity index (χ1n) is 5.81. The van der Waals surface area contributed by atoms with Gasteiger partial charge in [-0.25, -0.2) is 0 Å². The summed E-state index contributed by atoms with van der Waals surface area (Å²) in [6.45, 7) is 14.1. The molecule has 0 amide bonds. The van der Waals surface area contributed by atoms with Gasteiger partial charge in [0.1, 0.15) is 7.55 Å². The third kappa shape index (κ3) is 1.13.